The van der Waals surface area contributed by atoms with E-state index in [1.165, 1.54) is 21.2 Å². The standard InChI is InChI=1S/C39H30N2P.BrH/c1-6-18-30(19-7-1)37-38(31-20-8-2-9-21-31)41-39(40-37)35-28-16-17-29-36(35)42(32-22-10-3-11-23-32,33-24-12-4-13-25-33)34-26-14-5-15-27-34;/h1-29H,(H,40,41);1H/q+1;/p-1. The Hall–Kier alpha value is -4.56. The van der Waals surface area contributed by atoms with Gasteiger partial charge in [-0.1, -0.05) is 127 Å². The van der Waals surface area contributed by atoms with Crippen molar-refractivity contribution in [2.45, 2.75) is 0 Å². The molecular weight excluding hydrogens is 607 g/mol. The SMILES string of the molecule is [Br-].c1ccc(-c2nc(-c3ccccc3[P+](c3ccccc3)(c3ccccc3)c3ccccc3)[nH]c2-c2ccccc2)cc1. The van der Waals surface area contributed by atoms with Gasteiger partial charge < -0.3 is 22.0 Å². The van der Waals surface area contributed by atoms with Crippen molar-refractivity contribution in [3.05, 3.63) is 176 Å². The number of hydrogen-bond acceptors (Lipinski definition) is 1. The van der Waals surface area contributed by atoms with Crippen molar-refractivity contribution in [3.63, 3.8) is 0 Å². The van der Waals surface area contributed by atoms with Crippen molar-refractivity contribution in [1.29, 1.82) is 0 Å². The van der Waals surface area contributed by atoms with Crippen LogP contribution in [-0.4, -0.2) is 9.97 Å². The average Bonchev–Trinajstić information content (AvgIpc) is 3.53. The smallest absolute Gasteiger partial charge is 0.145 e. The van der Waals surface area contributed by atoms with Crippen molar-refractivity contribution in [3.8, 4) is 33.9 Å². The highest BCUT2D eigenvalue weighted by atomic mass is 79.9. The van der Waals surface area contributed by atoms with Gasteiger partial charge in [0.1, 0.15) is 34.3 Å². The van der Waals surface area contributed by atoms with E-state index >= 15 is 0 Å². The summed E-state index contributed by atoms with van der Waals surface area (Å²) >= 11 is 0. The Morgan fingerprint density at radius 2 is 0.814 bits per heavy atom. The van der Waals surface area contributed by atoms with Crippen LogP contribution >= 0.6 is 7.26 Å². The van der Waals surface area contributed by atoms with Crippen LogP contribution in [0, 0.1) is 0 Å². The molecule has 0 aliphatic carbocycles. The number of H-pyrrole nitrogens is 1. The summed E-state index contributed by atoms with van der Waals surface area (Å²) in [5.74, 6) is 0.871. The lowest BCUT2D eigenvalue weighted by Crippen LogP contribution is -3.00. The minimum atomic E-state index is -2.32. The van der Waals surface area contributed by atoms with Crippen LogP contribution in [0.2, 0.25) is 0 Å². The van der Waals surface area contributed by atoms with Crippen LogP contribution in [-0.2, 0) is 0 Å². The van der Waals surface area contributed by atoms with Crippen molar-refractivity contribution in [2.24, 2.45) is 0 Å². The molecule has 1 aromatic heterocycles. The molecule has 7 rings (SSSR count). The van der Waals surface area contributed by atoms with Crippen LogP contribution in [0.15, 0.2) is 176 Å². The quantitative estimate of drug-likeness (QED) is 0.244. The van der Waals surface area contributed by atoms with Crippen LogP contribution in [0.4, 0.5) is 0 Å². The Labute approximate surface area is 264 Å². The van der Waals surface area contributed by atoms with Crippen molar-refractivity contribution >= 4 is 28.5 Å². The fourth-order valence-electron chi connectivity index (χ4n) is 5.91. The van der Waals surface area contributed by atoms with E-state index in [4.69, 9.17) is 4.98 Å². The van der Waals surface area contributed by atoms with Gasteiger partial charge >= 0.3 is 0 Å². The van der Waals surface area contributed by atoms with E-state index in [9.17, 15) is 0 Å². The summed E-state index contributed by atoms with van der Waals surface area (Å²) < 4.78 is 0. The van der Waals surface area contributed by atoms with Gasteiger partial charge in [-0.3, -0.25) is 0 Å². The molecule has 0 aliphatic heterocycles. The van der Waals surface area contributed by atoms with E-state index in [1.54, 1.807) is 0 Å². The predicted molar refractivity (Wildman–Crippen MR) is 180 cm³/mol. The Bertz CT molecular complexity index is 1750. The first-order chi connectivity index (χ1) is 20.9. The maximum Gasteiger partial charge on any atom is 0.145 e. The van der Waals surface area contributed by atoms with E-state index in [0.717, 1.165) is 33.9 Å². The molecule has 208 valence electrons. The highest BCUT2D eigenvalue weighted by Gasteiger charge is 2.49. The number of aromatic nitrogens is 2. The molecule has 0 unspecified atom stereocenters. The fourth-order valence-corrected chi connectivity index (χ4v) is 10.3. The fraction of sp³-hybridized carbons (Fsp3) is 0. The monoisotopic (exact) mass is 636 g/mol. The first-order valence-corrected chi connectivity index (χ1v) is 16.0. The lowest BCUT2D eigenvalue weighted by Gasteiger charge is -2.29. The zero-order valence-corrected chi connectivity index (χ0v) is 26.0. The molecule has 0 saturated heterocycles. The van der Waals surface area contributed by atoms with Gasteiger partial charge in [0.25, 0.3) is 0 Å². The zero-order valence-electron chi connectivity index (χ0n) is 23.5. The molecule has 0 fully saturated rings. The molecule has 0 radical (unpaired) electrons. The molecule has 43 heavy (non-hydrogen) atoms. The maximum atomic E-state index is 5.34. The Balaban J connectivity index is 0.00000329. The lowest BCUT2D eigenvalue weighted by molar-refractivity contribution is -0.00000805. The molecule has 2 nitrogen and oxygen atoms in total. The van der Waals surface area contributed by atoms with E-state index < -0.39 is 7.26 Å². The molecule has 0 saturated carbocycles. The average molecular weight is 638 g/mol. The molecule has 0 spiro atoms. The van der Waals surface area contributed by atoms with Crippen LogP contribution in [0.5, 0.6) is 0 Å². The minimum Gasteiger partial charge on any atom is -1.00 e. The van der Waals surface area contributed by atoms with E-state index in [1.807, 2.05) is 6.07 Å². The third-order valence-electron chi connectivity index (χ3n) is 7.76. The molecule has 0 aliphatic rings. The second kappa shape index (κ2) is 12.8. The van der Waals surface area contributed by atoms with Gasteiger partial charge in [0.05, 0.1) is 17.0 Å². The summed E-state index contributed by atoms with van der Waals surface area (Å²) in [7, 11) is -2.32. The molecule has 1 N–H and O–H groups in total. The molecule has 1 heterocycles. The van der Waals surface area contributed by atoms with Crippen LogP contribution in [0.1, 0.15) is 0 Å². The molecule has 7 aromatic rings. The number of rotatable bonds is 7. The van der Waals surface area contributed by atoms with Gasteiger partial charge in [0.2, 0.25) is 0 Å². The third kappa shape index (κ3) is 5.27. The summed E-state index contributed by atoms with van der Waals surface area (Å²) in [4.78, 5) is 9.13. The molecule has 6 aromatic carbocycles. The molecular formula is C39H30BrN2P. The van der Waals surface area contributed by atoms with E-state index in [2.05, 4.69) is 175 Å². The second-order valence-electron chi connectivity index (χ2n) is 10.2. The lowest BCUT2D eigenvalue weighted by atomic mass is 10.1. The number of halogens is 1. The Kier molecular flexibility index (Phi) is 8.47. The molecule has 0 bridgehead atoms. The van der Waals surface area contributed by atoms with Crippen LogP contribution in [0.25, 0.3) is 33.9 Å². The van der Waals surface area contributed by atoms with E-state index in [0.29, 0.717) is 0 Å². The summed E-state index contributed by atoms with van der Waals surface area (Å²) in [6.45, 7) is 0. The molecule has 4 heteroatoms. The first-order valence-electron chi connectivity index (χ1n) is 14.2. The summed E-state index contributed by atoms with van der Waals surface area (Å²) in [5.41, 5.74) is 5.29. The summed E-state index contributed by atoms with van der Waals surface area (Å²) in [6, 6.07) is 62.8. The van der Waals surface area contributed by atoms with Gasteiger partial charge in [-0.05, 0) is 48.5 Å². The Morgan fingerprint density at radius 3 is 1.30 bits per heavy atom. The van der Waals surface area contributed by atoms with Crippen molar-refractivity contribution in [2.75, 3.05) is 0 Å². The highest BCUT2D eigenvalue weighted by molar-refractivity contribution is 8.01. The minimum absolute atomic E-state index is 0. The van der Waals surface area contributed by atoms with Crippen LogP contribution in [0.3, 0.4) is 0 Å². The van der Waals surface area contributed by atoms with Crippen molar-refractivity contribution in [1.82, 2.24) is 9.97 Å². The number of nitrogens with zero attached hydrogens (tertiary/aromatic N) is 1. The summed E-state index contributed by atoms with van der Waals surface area (Å²) in [5, 5.41) is 5.22. The first kappa shape index (κ1) is 28.6. The van der Waals surface area contributed by atoms with Gasteiger partial charge in [0.15, 0.2) is 0 Å². The number of benzene rings is 6. The zero-order chi connectivity index (χ0) is 28.2. The molecule has 0 atom stereocenters. The number of imidazole rings is 1. The Morgan fingerprint density at radius 1 is 0.419 bits per heavy atom. The van der Waals surface area contributed by atoms with Gasteiger partial charge in [-0.25, -0.2) is 4.98 Å². The van der Waals surface area contributed by atoms with Crippen LogP contribution < -0.4 is 38.2 Å². The van der Waals surface area contributed by atoms with Gasteiger partial charge in [-0.15, -0.1) is 0 Å². The van der Waals surface area contributed by atoms with Gasteiger partial charge in [0, 0.05) is 11.1 Å². The summed E-state index contributed by atoms with van der Waals surface area (Å²) in [6.07, 6.45) is 0. The highest BCUT2D eigenvalue weighted by Crippen LogP contribution is 2.56. The molecule has 0 amide bonds. The number of hydrogen-bond donors (Lipinski definition) is 1. The van der Waals surface area contributed by atoms with E-state index in [-0.39, 0.29) is 17.0 Å². The van der Waals surface area contributed by atoms with Gasteiger partial charge in [-0.2, -0.15) is 0 Å². The predicted octanol–water partition coefficient (Wildman–Crippen LogP) is 5.03. The third-order valence-corrected chi connectivity index (χ3v) is 12.1. The second-order valence-corrected chi connectivity index (χ2v) is 13.6. The van der Waals surface area contributed by atoms with Crippen molar-refractivity contribution < 1.29 is 17.0 Å². The maximum absolute atomic E-state index is 5.34. The normalized spacial score (nSPS) is 11.1. The number of aromatic amines is 1. The number of nitrogens with one attached hydrogen (secondary N) is 1. The largest absolute Gasteiger partial charge is 1.00 e. The topological polar surface area (TPSA) is 28.7 Å².